The summed E-state index contributed by atoms with van der Waals surface area (Å²) in [4.78, 5) is 0. The van der Waals surface area contributed by atoms with E-state index in [1.165, 1.54) is 0 Å². The predicted octanol–water partition coefficient (Wildman–Crippen LogP) is 2.78. The molecule has 0 aromatic heterocycles. The van der Waals surface area contributed by atoms with Crippen molar-refractivity contribution in [3.8, 4) is 0 Å². The van der Waals surface area contributed by atoms with Gasteiger partial charge in [0.25, 0.3) is 0 Å². The molecule has 3 heteroatoms. The molecule has 0 aliphatic heterocycles. The van der Waals surface area contributed by atoms with E-state index < -0.39 is 5.76 Å². The van der Waals surface area contributed by atoms with Crippen molar-refractivity contribution in [2.45, 2.75) is 6.92 Å². The predicted molar refractivity (Wildman–Crippen MR) is 40.7 cm³/mol. The van der Waals surface area contributed by atoms with Crippen molar-refractivity contribution in [3.63, 3.8) is 0 Å². The molecule has 0 aromatic carbocycles. The Morgan fingerprint density at radius 2 is 2.14 bits per heavy atom. The Morgan fingerprint density at radius 3 is 2.14 bits per heavy atom. The summed E-state index contributed by atoms with van der Waals surface area (Å²) in [6, 6.07) is 0. The topological polar surface area (TPSA) is 12.4 Å². The molecule has 0 bridgehead atoms. The lowest BCUT2D eigenvalue weighted by atomic mass is 11.0. The number of hydrogen-bond acceptors (Lipinski definition) is 1. The molecule has 0 saturated heterocycles. The lowest BCUT2D eigenvalue weighted by Crippen LogP contribution is -1.69. The van der Waals surface area contributed by atoms with E-state index in [4.69, 9.17) is 0 Å². The highest BCUT2D eigenvalue weighted by Crippen LogP contribution is 2.52. The summed E-state index contributed by atoms with van der Waals surface area (Å²) >= 11 is 3.52. The first kappa shape index (κ1) is 7.71. The van der Waals surface area contributed by atoms with Crippen molar-refractivity contribution in [1.82, 2.24) is 0 Å². The van der Waals surface area contributed by atoms with Crippen LogP contribution < -0.4 is 0 Å². The highest BCUT2D eigenvalue weighted by atomic mass is 79.9. The van der Waals surface area contributed by atoms with Crippen LogP contribution in [0.3, 0.4) is 0 Å². The van der Waals surface area contributed by atoms with Crippen molar-refractivity contribution in [3.05, 3.63) is 0 Å². The minimum absolute atomic E-state index is 0.967. The van der Waals surface area contributed by atoms with Gasteiger partial charge in [-0.2, -0.15) is 0 Å². The molecule has 0 radical (unpaired) electrons. The van der Waals surface area contributed by atoms with Crippen LogP contribution in [0.5, 0.6) is 0 Å². The fourth-order valence-corrected chi connectivity index (χ4v) is 0.424. The third-order valence-corrected chi connectivity index (χ3v) is 5.44. The summed E-state index contributed by atoms with van der Waals surface area (Å²) in [5, 5.41) is 0. The van der Waals surface area contributed by atoms with Gasteiger partial charge >= 0.3 is 0 Å². The Hall–Kier alpha value is 0.710. The van der Waals surface area contributed by atoms with Crippen LogP contribution >= 0.6 is 21.2 Å². The van der Waals surface area contributed by atoms with Gasteiger partial charge in [0.05, 0.1) is 0 Å². The van der Waals surface area contributed by atoms with Gasteiger partial charge in [-0.05, 0) is 28.3 Å². The van der Waals surface area contributed by atoms with Gasteiger partial charge < -0.3 is 0 Å². The molecule has 0 fully saturated rings. The Labute approximate surface area is 53.3 Å². The number of halogens is 1. The van der Waals surface area contributed by atoms with Gasteiger partial charge in [0.2, 0.25) is 0 Å². The molecule has 1 unspecified atom stereocenters. The van der Waals surface area contributed by atoms with Crippen LogP contribution in [0.2, 0.25) is 0 Å². The van der Waals surface area contributed by atoms with E-state index in [9.17, 15) is 0 Å². The Bertz CT molecular complexity index is 93.9. The average molecular weight is 184 g/mol. The number of hydrogen-bond donors (Lipinski definition) is 0. The summed E-state index contributed by atoms with van der Waals surface area (Å²) in [6.45, 7) is 4.31. The summed E-state index contributed by atoms with van der Waals surface area (Å²) in [5.41, 5.74) is 0. The molecule has 0 aliphatic rings. The van der Waals surface area contributed by atoms with Crippen molar-refractivity contribution in [1.29, 1.82) is 0 Å². The summed E-state index contributed by atoms with van der Waals surface area (Å²) in [7, 11) is 1.87. The molecule has 0 spiro atoms. The molecular formula is C4H11BrNP. The zero-order chi connectivity index (χ0) is 5.91. The van der Waals surface area contributed by atoms with Crippen molar-refractivity contribution in [2.24, 2.45) is 4.74 Å². The highest BCUT2D eigenvalue weighted by molar-refractivity contribution is 9.40. The fraction of sp³-hybridized carbons (Fsp3) is 1.00. The summed E-state index contributed by atoms with van der Waals surface area (Å²) in [6.07, 6.45) is 1.16. The SMILES string of the molecule is CCP(C)(Br)=NC. The fourth-order valence-electron chi connectivity index (χ4n) is 0.141. The van der Waals surface area contributed by atoms with Crippen molar-refractivity contribution < 1.29 is 0 Å². The van der Waals surface area contributed by atoms with E-state index in [0.717, 1.165) is 6.16 Å². The van der Waals surface area contributed by atoms with Gasteiger partial charge in [0, 0.05) is 12.8 Å². The minimum atomic E-state index is -0.967. The second-order valence-electron chi connectivity index (χ2n) is 1.54. The van der Waals surface area contributed by atoms with E-state index in [-0.39, 0.29) is 0 Å². The molecule has 0 heterocycles. The lowest BCUT2D eigenvalue weighted by molar-refractivity contribution is 1.43. The van der Waals surface area contributed by atoms with Crippen LogP contribution in [0.4, 0.5) is 0 Å². The minimum Gasteiger partial charge on any atom is -0.296 e. The van der Waals surface area contributed by atoms with Crippen molar-refractivity contribution in [2.75, 3.05) is 19.9 Å². The van der Waals surface area contributed by atoms with Crippen LogP contribution in [0.1, 0.15) is 6.92 Å². The molecule has 0 N–H and O–H groups in total. The van der Waals surface area contributed by atoms with E-state index in [0.29, 0.717) is 0 Å². The van der Waals surface area contributed by atoms with Crippen LogP contribution in [-0.4, -0.2) is 19.9 Å². The molecule has 1 nitrogen and oxygen atoms in total. The monoisotopic (exact) mass is 183 g/mol. The van der Waals surface area contributed by atoms with Crippen LogP contribution in [0.15, 0.2) is 4.74 Å². The van der Waals surface area contributed by atoms with E-state index in [1.54, 1.807) is 0 Å². The zero-order valence-corrected chi connectivity index (χ0v) is 7.46. The maximum Gasteiger partial charge on any atom is 0.0297 e. The first-order valence-corrected chi connectivity index (χ1v) is 6.68. The third kappa shape index (κ3) is 3.31. The molecular weight excluding hydrogens is 173 g/mol. The van der Waals surface area contributed by atoms with Crippen LogP contribution in [0, 0.1) is 0 Å². The van der Waals surface area contributed by atoms with Gasteiger partial charge in [0.1, 0.15) is 0 Å². The largest absolute Gasteiger partial charge is 0.296 e. The smallest absolute Gasteiger partial charge is 0.0297 e. The molecule has 7 heavy (non-hydrogen) atoms. The number of nitrogens with zero attached hydrogens (tertiary/aromatic N) is 1. The number of rotatable bonds is 1. The Balaban J connectivity index is 3.85. The second-order valence-corrected chi connectivity index (χ2v) is 9.20. The maximum absolute atomic E-state index is 4.17. The standard InChI is InChI=1S/C4H11BrNP/c1-4-7(3,5)6-2/h4H2,1-3H3. The van der Waals surface area contributed by atoms with Gasteiger partial charge in [-0.15, -0.1) is 0 Å². The van der Waals surface area contributed by atoms with Crippen LogP contribution in [0.25, 0.3) is 0 Å². The van der Waals surface area contributed by atoms with Crippen LogP contribution in [-0.2, 0) is 0 Å². The maximum atomic E-state index is 4.17. The van der Waals surface area contributed by atoms with Gasteiger partial charge in [0.15, 0.2) is 0 Å². The average Bonchev–Trinajstić information content (AvgIpc) is 1.68. The quantitative estimate of drug-likeness (QED) is 0.555. The molecule has 1 atom stereocenters. The molecule has 0 aliphatic carbocycles. The highest BCUT2D eigenvalue weighted by Gasteiger charge is 1.98. The first-order chi connectivity index (χ1) is 3.12. The van der Waals surface area contributed by atoms with E-state index in [1.807, 2.05) is 7.05 Å². The first-order valence-electron chi connectivity index (χ1n) is 2.29. The van der Waals surface area contributed by atoms with Crippen molar-refractivity contribution >= 4 is 21.2 Å². The summed E-state index contributed by atoms with van der Waals surface area (Å²) < 4.78 is 4.17. The van der Waals surface area contributed by atoms with Gasteiger partial charge in [-0.1, -0.05) is 6.92 Å². The van der Waals surface area contributed by atoms with Gasteiger partial charge in [-0.3, -0.25) is 4.74 Å². The molecule has 0 amide bonds. The van der Waals surface area contributed by atoms with E-state index in [2.05, 4.69) is 33.8 Å². The third-order valence-electron chi connectivity index (χ3n) is 0.994. The molecule has 0 saturated carbocycles. The Kier molecular flexibility index (Phi) is 3.18. The molecule has 0 aromatic rings. The lowest BCUT2D eigenvalue weighted by Gasteiger charge is -2.03. The molecule has 44 valence electrons. The zero-order valence-electron chi connectivity index (χ0n) is 4.98. The second kappa shape index (κ2) is 2.88. The Morgan fingerprint density at radius 1 is 1.71 bits per heavy atom. The van der Waals surface area contributed by atoms with Gasteiger partial charge in [-0.25, -0.2) is 0 Å². The van der Waals surface area contributed by atoms with E-state index >= 15 is 0 Å². The summed E-state index contributed by atoms with van der Waals surface area (Å²) in [5.74, 6) is -0.967. The molecule has 0 rings (SSSR count). The normalized spacial score (nSPS) is 18.3.